The van der Waals surface area contributed by atoms with E-state index in [0.717, 1.165) is 43.5 Å². The number of halogens is 1. The van der Waals surface area contributed by atoms with Crippen LogP contribution in [0.4, 0.5) is 10.2 Å². The molecule has 0 saturated heterocycles. The third kappa shape index (κ3) is 4.82. The van der Waals surface area contributed by atoms with Crippen LogP contribution in [0.1, 0.15) is 48.2 Å². The van der Waals surface area contributed by atoms with Crippen molar-refractivity contribution in [3.63, 3.8) is 0 Å². The number of aryl methyl sites for hydroxylation is 1. The predicted molar refractivity (Wildman–Crippen MR) is 138 cm³/mol. The molecule has 4 bridgehead atoms. The molecule has 194 valence electrons. The maximum Gasteiger partial charge on any atom is 0.272 e. The van der Waals surface area contributed by atoms with Crippen molar-refractivity contribution in [3.05, 3.63) is 71.7 Å². The summed E-state index contributed by atoms with van der Waals surface area (Å²) >= 11 is 0. The number of hydrogen-bond acceptors (Lipinski definition) is 5. The van der Waals surface area contributed by atoms with E-state index in [-0.39, 0.29) is 17.8 Å². The first-order valence-electron chi connectivity index (χ1n) is 13.1. The molecular weight excluding hydrogens is 471 g/mol. The molecule has 2 atom stereocenters. The molecule has 1 aromatic heterocycles. The standard InChI is InChI=1S/C29H33FN4O3/c1-33(17-18-3-7-23(8-4-18)37-24-9-5-22(30)6-10-24)26-13-25(32-34(26)2)28(35)31-27-20-11-19-12-21(27)16-29(36,14-19)15-20/h3-10,13,19-21,27,36H,11-12,14-17H2,1-2H3,(H,31,35). The second kappa shape index (κ2) is 9.17. The summed E-state index contributed by atoms with van der Waals surface area (Å²) in [5.41, 5.74) is 0.983. The van der Waals surface area contributed by atoms with Gasteiger partial charge in [0.1, 0.15) is 23.1 Å². The molecule has 0 radical (unpaired) electrons. The van der Waals surface area contributed by atoms with Gasteiger partial charge in [-0.05, 0) is 91.8 Å². The Morgan fingerprint density at radius 3 is 2.35 bits per heavy atom. The van der Waals surface area contributed by atoms with Gasteiger partial charge < -0.3 is 20.1 Å². The van der Waals surface area contributed by atoms with Crippen LogP contribution >= 0.6 is 0 Å². The summed E-state index contributed by atoms with van der Waals surface area (Å²) in [5.74, 6) is 2.99. The third-order valence-electron chi connectivity index (χ3n) is 8.41. The van der Waals surface area contributed by atoms with Crippen LogP contribution < -0.4 is 15.0 Å². The zero-order valence-electron chi connectivity index (χ0n) is 21.2. The number of hydrogen-bond donors (Lipinski definition) is 2. The normalized spacial score (nSPS) is 27.8. The van der Waals surface area contributed by atoms with E-state index in [9.17, 15) is 14.3 Å². The molecule has 1 heterocycles. The van der Waals surface area contributed by atoms with Crippen LogP contribution in [0.5, 0.6) is 11.5 Å². The number of carbonyl (C=O) groups excluding carboxylic acids is 1. The highest BCUT2D eigenvalue weighted by Crippen LogP contribution is 2.55. The van der Waals surface area contributed by atoms with Gasteiger partial charge in [-0.25, -0.2) is 4.39 Å². The van der Waals surface area contributed by atoms with Crippen LogP contribution in [0.2, 0.25) is 0 Å². The van der Waals surface area contributed by atoms with E-state index >= 15 is 0 Å². The smallest absolute Gasteiger partial charge is 0.272 e. The lowest BCUT2D eigenvalue weighted by Crippen LogP contribution is -2.61. The Hall–Kier alpha value is -3.39. The van der Waals surface area contributed by atoms with Crippen LogP contribution in [0.3, 0.4) is 0 Å². The van der Waals surface area contributed by atoms with Gasteiger partial charge in [0.25, 0.3) is 5.91 Å². The maximum atomic E-state index is 13.2. The number of carbonyl (C=O) groups is 1. The van der Waals surface area contributed by atoms with Crippen molar-refractivity contribution >= 4 is 11.7 Å². The van der Waals surface area contributed by atoms with Crippen molar-refractivity contribution in [3.8, 4) is 11.5 Å². The summed E-state index contributed by atoms with van der Waals surface area (Å²) < 4.78 is 20.6. The largest absolute Gasteiger partial charge is 0.457 e. The first-order valence-corrected chi connectivity index (χ1v) is 13.1. The Bertz CT molecular complexity index is 1270. The summed E-state index contributed by atoms with van der Waals surface area (Å²) in [6.07, 6.45) is 4.74. The quantitative estimate of drug-likeness (QED) is 0.489. The molecule has 2 N–H and O–H groups in total. The highest BCUT2D eigenvalue weighted by molar-refractivity contribution is 5.93. The minimum atomic E-state index is -0.510. The summed E-state index contributed by atoms with van der Waals surface area (Å²) in [4.78, 5) is 15.2. The Balaban J connectivity index is 1.08. The van der Waals surface area contributed by atoms with Gasteiger partial charge in [-0.2, -0.15) is 5.10 Å². The lowest BCUT2D eigenvalue weighted by molar-refractivity contribution is -0.136. The second-order valence-corrected chi connectivity index (χ2v) is 11.3. The van der Waals surface area contributed by atoms with Gasteiger partial charge >= 0.3 is 0 Å². The van der Waals surface area contributed by atoms with Crippen LogP contribution in [0, 0.1) is 23.6 Å². The first kappa shape index (κ1) is 24.0. The van der Waals surface area contributed by atoms with Gasteiger partial charge in [-0.15, -0.1) is 0 Å². The van der Waals surface area contributed by atoms with Crippen LogP contribution in [0.25, 0.3) is 0 Å². The van der Waals surface area contributed by atoms with Gasteiger partial charge in [0.2, 0.25) is 0 Å². The van der Waals surface area contributed by atoms with Crippen molar-refractivity contribution in [1.82, 2.24) is 15.1 Å². The van der Waals surface area contributed by atoms with Crippen molar-refractivity contribution in [2.75, 3.05) is 11.9 Å². The molecule has 4 saturated carbocycles. The van der Waals surface area contributed by atoms with Gasteiger partial charge in [0, 0.05) is 32.7 Å². The molecule has 3 aromatic rings. The minimum absolute atomic E-state index is 0.128. The fourth-order valence-electron chi connectivity index (χ4n) is 7.02. The summed E-state index contributed by atoms with van der Waals surface area (Å²) in [6, 6.07) is 15.6. The molecule has 7 rings (SSSR count). The van der Waals surface area contributed by atoms with Crippen molar-refractivity contribution in [2.24, 2.45) is 24.8 Å². The van der Waals surface area contributed by atoms with Crippen LogP contribution in [0.15, 0.2) is 54.6 Å². The van der Waals surface area contributed by atoms with E-state index in [2.05, 4.69) is 15.3 Å². The predicted octanol–water partition coefficient (Wildman–Crippen LogP) is 4.66. The molecule has 0 aliphatic heterocycles. The van der Waals surface area contributed by atoms with E-state index in [4.69, 9.17) is 4.74 Å². The molecular formula is C29H33FN4O3. The zero-order valence-corrected chi connectivity index (χ0v) is 21.2. The number of aliphatic hydroxyl groups is 1. The van der Waals surface area contributed by atoms with Crippen molar-refractivity contribution in [2.45, 2.75) is 50.3 Å². The SMILES string of the molecule is CN(Cc1ccc(Oc2ccc(F)cc2)cc1)c1cc(C(=O)NC2C3CC4CC2CC(O)(C4)C3)nn1C. The number of aromatic nitrogens is 2. The Morgan fingerprint density at radius 2 is 1.73 bits per heavy atom. The Labute approximate surface area is 216 Å². The number of ether oxygens (including phenoxy) is 1. The van der Waals surface area contributed by atoms with Crippen molar-refractivity contribution in [1.29, 1.82) is 0 Å². The lowest BCUT2D eigenvalue weighted by atomic mass is 9.52. The fourth-order valence-corrected chi connectivity index (χ4v) is 7.02. The topological polar surface area (TPSA) is 79.6 Å². The molecule has 0 spiro atoms. The molecule has 4 aliphatic rings. The molecule has 4 aliphatic carbocycles. The maximum absolute atomic E-state index is 13.2. The lowest BCUT2D eigenvalue weighted by Gasteiger charge is -2.58. The van der Waals surface area contributed by atoms with Gasteiger partial charge in [-0.1, -0.05) is 12.1 Å². The number of amides is 1. The highest BCUT2D eigenvalue weighted by atomic mass is 19.1. The number of rotatable bonds is 7. The molecule has 2 unspecified atom stereocenters. The van der Waals surface area contributed by atoms with E-state index in [1.807, 2.05) is 44.4 Å². The molecule has 7 nitrogen and oxygen atoms in total. The van der Waals surface area contributed by atoms with Gasteiger partial charge in [-0.3, -0.25) is 9.48 Å². The average Bonchev–Trinajstić information content (AvgIpc) is 3.25. The van der Waals surface area contributed by atoms with Crippen LogP contribution in [-0.4, -0.2) is 39.5 Å². The monoisotopic (exact) mass is 504 g/mol. The molecule has 2 aromatic carbocycles. The van der Waals surface area contributed by atoms with Gasteiger partial charge in [0.05, 0.1) is 5.60 Å². The minimum Gasteiger partial charge on any atom is -0.457 e. The molecule has 37 heavy (non-hydrogen) atoms. The fraction of sp³-hybridized carbons (Fsp3) is 0.448. The van der Waals surface area contributed by atoms with Crippen LogP contribution in [-0.2, 0) is 13.6 Å². The summed E-state index contributed by atoms with van der Waals surface area (Å²) in [5, 5.41) is 18.6. The van der Waals surface area contributed by atoms with E-state index in [1.165, 1.54) is 12.1 Å². The number of benzene rings is 2. The summed E-state index contributed by atoms with van der Waals surface area (Å²) in [6.45, 7) is 0.629. The van der Waals surface area contributed by atoms with E-state index in [0.29, 0.717) is 41.5 Å². The Kier molecular flexibility index (Phi) is 5.94. The third-order valence-corrected chi connectivity index (χ3v) is 8.41. The molecule has 1 amide bonds. The first-order chi connectivity index (χ1) is 17.7. The van der Waals surface area contributed by atoms with E-state index in [1.54, 1.807) is 16.8 Å². The molecule has 4 fully saturated rings. The van der Waals surface area contributed by atoms with E-state index < -0.39 is 5.60 Å². The number of nitrogens with one attached hydrogen (secondary N) is 1. The highest BCUT2D eigenvalue weighted by Gasteiger charge is 2.55. The van der Waals surface area contributed by atoms with Gasteiger partial charge in [0.15, 0.2) is 5.69 Å². The molecule has 8 heteroatoms. The second-order valence-electron chi connectivity index (χ2n) is 11.3. The number of anilines is 1. The van der Waals surface area contributed by atoms with Crippen molar-refractivity contribution < 1.29 is 19.0 Å². The number of nitrogens with zero attached hydrogens (tertiary/aromatic N) is 3. The average molecular weight is 505 g/mol. The Morgan fingerprint density at radius 1 is 1.11 bits per heavy atom. The zero-order chi connectivity index (χ0) is 25.7. The summed E-state index contributed by atoms with van der Waals surface area (Å²) in [7, 11) is 3.82.